The summed E-state index contributed by atoms with van der Waals surface area (Å²) < 4.78 is 0. The van der Waals surface area contributed by atoms with E-state index in [0.29, 0.717) is 13.0 Å². The highest BCUT2D eigenvalue weighted by Crippen LogP contribution is 2.29. The van der Waals surface area contributed by atoms with E-state index in [9.17, 15) is 9.59 Å². The first kappa shape index (κ1) is 13.5. The molecule has 1 saturated heterocycles. The Kier molecular flexibility index (Phi) is 4.35. The van der Waals surface area contributed by atoms with Gasteiger partial charge in [0.05, 0.1) is 0 Å². The predicted octanol–water partition coefficient (Wildman–Crippen LogP) is 2.79. The zero-order valence-electron chi connectivity index (χ0n) is 10.4. The largest absolute Gasteiger partial charge is 0.311 e. The smallest absolute Gasteiger partial charge is 0.228 e. The Balaban J connectivity index is 2.08. The van der Waals surface area contributed by atoms with Crippen LogP contribution in [0.2, 0.25) is 0 Å². The summed E-state index contributed by atoms with van der Waals surface area (Å²) in [5.74, 6) is 0.102. The molecule has 1 atom stereocenters. The van der Waals surface area contributed by atoms with E-state index in [0.717, 1.165) is 5.69 Å². The van der Waals surface area contributed by atoms with Crippen LogP contribution in [0.1, 0.15) is 13.3 Å². The van der Waals surface area contributed by atoms with Crippen LogP contribution < -0.4 is 4.90 Å². The highest BCUT2D eigenvalue weighted by atomic mass is 32.2. The zero-order valence-corrected chi connectivity index (χ0v) is 12.0. The molecular weight excluding hydrogens is 266 g/mol. The monoisotopic (exact) mass is 281 g/mol. The fourth-order valence-corrected chi connectivity index (χ4v) is 3.33. The van der Waals surface area contributed by atoms with Gasteiger partial charge in [0.2, 0.25) is 5.91 Å². The second kappa shape index (κ2) is 5.80. The maximum atomic E-state index is 11.9. The summed E-state index contributed by atoms with van der Waals surface area (Å²) in [6.45, 7) is 2.17. The minimum atomic E-state index is 0.0763. The van der Waals surface area contributed by atoms with Gasteiger partial charge >= 0.3 is 0 Å². The molecule has 0 saturated carbocycles. The van der Waals surface area contributed by atoms with Gasteiger partial charge in [0.25, 0.3) is 0 Å². The summed E-state index contributed by atoms with van der Waals surface area (Å²) >= 11 is 2.94. The minimum absolute atomic E-state index is 0.0763. The van der Waals surface area contributed by atoms with Crippen molar-refractivity contribution < 1.29 is 9.59 Å². The van der Waals surface area contributed by atoms with Crippen molar-refractivity contribution in [3.8, 4) is 0 Å². The number of amides is 1. The van der Waals surface area contributed by atoms with Crippen molar-refractivity contribution in [1.29, 1.82) is 0 Å². The third kappa shape index (κ3) is 3.09. The topological polar surface area (TPSA) is 37.4 Å². The van der Waals surface area contributed by atoms with Crippen LogP contribution in [0.15, 0.2) is 29.2 Å². The van der Waals surface area contributed by atoms with Gasteiger partial charge in [-0.3, -0.25) is 9.59 Å². The Morgan fingerprint density at radius 1 is 1.33 bits per heavy atom. The van der Waals surface area contributed by atoms with Crippen molar-refractivity contribution in [3.63, 3.8) is 0 Å². The lowest BCUT2D eigenvalue weighted by molar-refractivity contribution is -0.117. The maximum absolute atomic E-state index is 11.9. The molecule has 18 heavy (non-hydrogen) atoms. The van der Waals surface area contributed by atoms with Crippen LogP contribution >= 0.6 is 23.5 Å². The number of carbonyl (C=O) groups excluding carboxylic acids is 2. The molecule has 5 heteroatoms. The molecule has 96 valence electrons. The quantitative estimate of drug-likeness (QED) is 0.798. The molecule has 0 bridgehead atoms. The molecule has 1 aliphatic rings. The fourth-order valence-electron chi connectivity index (χ4n) is 2.00. The van der Waals surface area contributed by atoms with E-state index in [4.69, 9.17) is 0 Å². The summed E-state index contributed by atoms with van der Waals surface area (Å²) in [5.41, 5.74) is 0.921. The van der Waals surface area contributed by atoms with Crippen molar-refractivity contribution >= 4 is 40.2 Å². The third-order valence-corrected chi connectivity index (χ3v) is 4.53. The van der Waals surface area contributed by atoms with Crippen LogP contribution in [0.5, 0.6) is 0 Å². The molecule has 1 fully saturated rings. The Morgan fingerprint density at radius 2 is 2.00 bits per heavy atom. The Labute approximate surface area is 115 Å². The molecule has 0 aromatic heterocycles. The Hall–Kier alpha value is -0.940. The highest BCUT2D eigenvalue weighted by Gasteiger charge is 2.31. The summed E-state index contributed by atoms with van der Waals surface area (Å²) in [7, 11) is 0. The lowest BCUT2D eigenvalue weighted by atomic mass is 10.3. The summed E-state index contributed by atoms with van der Waals surface area (Å²) in [4.78, 5) is 25.9. The average Bonchev–Trinajstić information content (AvgIpc) is 2.69. The molecule has 1 aliphatic heterocycles. The lowest BCUT2D eigenvalue weighted by Gasteiger charge is -2.16. The van der Waals surface area contributed by atoms with Crippen molar-refractivity contribution in [2.45, 2.75) is 23.5 Å². The molecule has 0 radical (unpaired) electrons. The maximum Gasteiger partial charge on any atom is 0.228 e. The first-order chi connectivity index (χ1) is 8.60. The van der Waals surface area contributed by atoms with Gasteiger partial charge in [0, 0.05) is 35.7 Å². The van der Waals surface area contributed by atoms with Crippen molar-refractivity contribution in [2.75, 3.05) is 17.7 Å². The predicted molar refractivity (Wildman–Crippen MR) is 77.3 cm³/mol. The van der Waals surface area contributed by atoms with Crippen LogP contribution in [0.3, 0.4) is 0 Å². The molecule has 0 aliphatic carbocycles. The number of anilines is 1. The molecule has 2 rings (SSSR count). The number of nitrogens with zero attached hydrogens (tertiary/aromatic N) is 1. The van der Waals surface area contributed by atoms with Gasteiger partial charge in [-0.25, -0.2) is 0 Å². The molecule has 1 aromatic carbocycles. The van der Waals surface area contributed by atoms with Crippen molar-refractivity contribution in [1.82, 2.24) is 0 Å². The second-order valence-electron chi connectivity index (χ2n) is 4.14. The molecule has 1 amide bonds. The van der Waals surface area contributed by atoms with Gasteiger partial charge < -0.3 is 4.90 Å². The van der Waals surface area contributed by atoms with Crippen LogP contribution in [-0.4, -0.2) is 29.1 Å². The van der Waals surface area contributed by atoms with Crippen LogP contribution in [0, 0.1) is 0 Å². The second-order valence-corrected chi connectivity index (χ2v) is 6.49. The lowest BCUT2D eigenvalue weighted by Crippen LogP contribution is -2.24. The molecule has 0 spiro atoms. The summed E-state index contributed by atoms with van der Waals surface area (Å²) in [6, 6.07) is 7.95. The van der Waals surface area contributed by atoms with Gasteiger partial charge in [0.15, 0.2) is 5.12 Å². The molecule has 1 unspecified atom stereocenters. The van der Waals surface area contributed by atoms with E-state index in [2.05, 4.69) is 0 Å². The molecular formula is C13H15NO2S2. The number of thioether (sulfide) groups is 2. The standard InChI is InChI=1S/C13H15NO2S2/c1-9(15)18-12-7-13(16)14(8-12)10-3-5-11(17-2)6-4-10/h3-6,12H,7-8H2,1-2H3. The van der Waals surface area contributed by atoms with Gasteiger partial charge in [-0.1, -0.05) is 11.8 Å². The molecule has 1 heterocycles. The van der Waals surface area contributed by atoms with E-state index in [1.54, 1.807) is 23.6 Å². The number of carbonyl (C=O) groups is 2. The van der Waals surface area contributed by atoms with Crippen molar-refractivity contribution in [3.05, 3.63) is 24.3 Å². The van der Waals surface area contributed by atoms with Gasteiger partial charge in [0.1, 0.15) is 0 Å². The Morgan fingerprint density at radius 3 is 2.56 bits per heavy atom. The zero-order chi connectivity index (χ0) is 13.1. The van der Waals surface area contributed by atoms with Gasteiger partial charge in [-0.2, -0.15) is 0 Å². The first-order valence-corrected chi connectivity index (χ1v) is 7.82. The number of rotatable bonds is 3. The molecule has 0 N–H and O–H groups in total. The van der Waals surface area contributed by atoms with E-state index in [1.165, 1.54) is 16.7 Å². The minimum Gasteiger partial charge on any atom is -0.311 e. The molecule has 1 aromatic rings. The molecule has 3 nitrogen and oxygen atoms in total. The van der Waals surface area contributed by atoms with Gasteiger partial charge in [-0.05, 0) is 30.5 Å². The number of hydrogen-bond donors (Lipinski definition) is 0. The normalized spacial score (nSPS) is 19.3. The first-order valence-electron chi connectivity index (χ1n) is 5.72. The van der Waals surface area contributed by atoms with Crippen LogP contribution in [0.25, 0.3) is 0 Å². The fraction of sp³-hybridized carbons (Fsp3) is 0.385. The number of hydrogen-bond acceptors (Lipinski definition) is 4. The summed E-state index contributed by atoms with van der Waals surface area (Å²) in [5, 5.41) is 0.169. The average molecular weight is 281 g/mol. The van der Waals surface area contributed by atoms with Crippen molar-refractivity contribution in [2.24, 2.45) is 0 Å². The number of benzene rings is 1. The Bertz CT molecular complexity index is 459. The van der Waals surface area contributed by atoms with E-state index < -0.39 is 0 Å². The SMILES string of the molecule is CSc1ccc(N2CC(SC(C)=O)CC2=O)cc1. The van der Waals surface area contributed by atoms with Gasteiger partial charge in [-0.15, -0.1) is 11.8 Å². The highest BCUT2D eigenvalue weighted by molar-refractivity contribution is 8.14. The van der Waals surface area contributed by atoms with E-state index in [1.807, 2.05) is 30.5 Å². The van der Waals surface area contributed by atoms with Crippen LogP contribution in [0.4, 0.5) is 5.69 Å². The third-order valence-electron chi connectivity index (χ3n) is 2.81. The summed E-state index contributed by atoms with van der Waals surface area (Å²) in [6.07, 6.45) is 2.48. The van der Waals surface area contributed by atoms with E-state index >= 15 is 0 Å². The van der Waals surface area contributed by atoms with E-state index in [-0.39, 0.29) is 16.3 Å². The van der Waals surface area contributed by atoms with Crippen LogP contribution in [-0.2, 0) is 9.59 Å².